The molecule has 120 valence electrons. The van der Waals surface area contributed by atoms with Gasteiger partial charge in [0.15, 0.2) is 0 Å². The number of nitrogens with zero attached hydrogens (tertiary/aromatic N) is 4. The molecular weight excluding hydrogens is 294 g/mol. The summed E-state index contributed by atoms with van der Waals surface area (Å²) in [4.78, 5) is 34.2. The Kier molecular flexibility index (Phi) is 4.36. The number of nitrogens with one attached hydrogen (secondary N) is 1. The molecule has 23 heavy (non-hydrogen) atoms. The third kappa shape index (κ3) is 3.39. The van der Waals surface area contributed by atoms with Gasteiger partial charge in [-0.15, -0.1) is 0 Å². The predicted molar refractivity (Wildman–Crippen MR) is 83.4 cm³/mol. The molecule has 0 aromatic carbocycles. The number of aromatic nitrogens is 3. The molecular formula is C16H19N5O2. The largest absolute Gasteiger partial charge is 0.359 e. The summed E-state index contributed by atoms with van der Waals surface area (Å²) in [5, 5.41) is 2.65. The molecule has 1 atom stereocenters. The van der Waals surface area contributed by atoms with E-state index in [0.717, 1.165) is 12.2 Å². The van der Waals surface area contributed by atoms with Gasteiger partial charge < -0.3 is 14.8 Å². The molecule has 3 heterocycles. The maximum Gasteiger partial charge on any atom is 0.292 e. The van der Waals surface area contributed by atoms with Gasteiger partial charge in [0, 0.05) is 56.8 Å². The van der Waals surface area contributed by atoms with Crippen LogP contribution in [0.15, 0.2) is 36.8 Å². The average Bonchev–Trinajstić information content (AvgIpc) is 2.93. The number of rotatable bonds is 3. The van der Waals surface area contributed by atoms with Crippen molar-refractivity contribution in [2.45, 2.75) is 19.5 Å². The average molecular weight is 313 g/mol. The number of hydrogen-bond donors (Lipinski definition) is 1. The lowest BCUT2D eigenvalue weighted by Gasteiger charge is -2.23. The third-order valence-corrected chi connectivity index (χ3v) is 4.01. The molecule has 2 amide bonds. The normalized spacial score (nSPS) is 17.3. The quantitative estimate of drug-likeness (QED) is 0.904. The van der Waals surface area contributed by atoms with E-state index in [-0.39, 0.29) is 23.6 Å². The highest BCUT2D eigenvalue weighted by molar-refractivity contribution is 5.90. The van der Waals surface area contributed by atoms with Crippen LogP contribution in [0.5, 0.6) is 0 Å². The Morgan fingerprint density at radius 1 is 1.26 bits per heavy atom. The van der Waals surface area contributed by atoms with E-state index < -0.39 is 0 Å². The molecule has 7 nitrogen and oxygen atoms in total. The van der Waals surface area contributed by atoms with E-state index in [1.54, 1.807) is 30.4 Å². The topological polar surface area (TPSA) is 80.1 Å². The molecule has 0 saturated carbocycles. The SMILES string of the molecule is CNC(=O)C[C@@H]1CN(C(=O)c2ncccn2)Cc2cccn2C1. The van der Waals surface area contributed by atoms with E-state index >= 15 is 0 Å². The van der Waals surface area contributed by atoms with Gasteiger partial charge in [-0.25, -0.2) is 9.97 Å². The molecule has 0 radical (unpaired) electrons. The van der Waals surface area contributed by atoms with Crippen molar-refractivity contribution in [1.29, 1.82) is 0 Å². The van der Waals surface area contributed by atoms with Crippen molar-refractivity contribution in [2.75, 3.05) is 13.6 Å². The summed E-state index contributed by atoms with van der Waals surface area (Å²) in [5.41, 5.74) is 1.05. The molecule has 1 N–H and O–H groups in total. The zero-order valence-corrected chi connectivity index (χ0v) is 13.0. The summed E-state index contributed by atoms with van der Waals surface area (Å²) >= 11 is 0. The monoisotopic (exact) mass is 313 g/mol. The highest BCUT2D eigenvalue weighted by Gasteiger charge is 2.27. The van der Waals surface area contributed by atoms with Gasteiger partial charge >= 0.3 is 0 Å². The van der Waals surface area contributed by atoms with Crippen molar-refractivity contribution in [3.05, 3.63) is 48.3 Å². The maximum absolute atomic E-state index is 12.7. The summed E-state index contributed by atoms with van der Waals surface area (Å²) < 4.78 is 2.10. The van der Waals surface area contributed by atoms with Gasteiger partial charge in [-0.2, -0.15) is 0 Å². The lowest BCUT2D eigenvalue weighted by molar-refractivity contribution is -0.121. The maximum atomic E-state index is 12.7. The van der Waals surface area contributed by atoms with Crippen LogP contribution in [0.2, 0.25) is 0 Å². The molecule has 0 unspecified atom stereocenters. The molecule has 1 aliphatic rings. The fourth-order valence-corrected chi connectivity index (χ4v) is 2.88. The summed E-state index contributed by atoms with van der Waals surface area (Å²) in [5.74, 6) is 0.0126. The summed E-state index contributed by atoms with van der Waals surface area (Å²) in [7, 11) is 1.63. The number of carbonyl (C=O) groups excluding carboxylic acids is 2. The molecule has 0 saturated heterocycles. The second kappa shape index (κ2) is 6.60. The number of amides is 2. The van der Waals surface area contributed by atoms with Crippen molar-refractivity contribution in [2.24, 2.45) is 5.92 Å². The minimum absolute atomic E-state index is 0.0195. The predicted octanol–water partition coefficient (Wildman–Crippen LogP) is 0.686. The number of fused-ring (bicyclic) bond motifs is 1. The van der Waals surface area contributed by atoms with Gasteiger partial charge in [0.2, 0.25) is 11.7 Å². The van der Waals surface area contributed by atoms with E-state index in [0.29, 0.717) is 19.5 Å². The Morgan fingerprint density at radius 3 is 2.78 bits per heavy atom. The third-order valence-electron chi connectivity index (χ3n) is 4.01. The highest BCUT2D eigenvalue weighted by atomic mass is 16.2. The van der Waals surface area contributed by atoms with Gasteiger partial charge in [0.05, 0.1) is 6.54 Å². The lowest BCUT2D eigenvalue weighted by atomic mass is 10.0. The van der Waals surface area contributed by atoms with E-state index in [9.17, 15) is 9.59 Å². The molecule has 2 aromatic rings. The van der Waals surface area contributed by atoms with Crippen LogP contribution in [-0.4, -0.2) is 44.8 Å². The van der Waals surface area contributed by atoms with Crippen molar-refractivity contribution in [3.8, 4) is 0 Å². The zero-order valence-electron chi connectivity index (χ0n) is 13.0. The fourth-order valence-electron chi connectivity index (χ4n) is 2.88. The Bertz CT molecular complexity index is 698. The molecule has 0 fully saturated rings. The summed E-state index contributed by atoms with van der Waals surface area (Å²) in [6.45, 7) is 1.72. The molecule has 3 rings (SSSR count). The van der Waals surface area contributed by atoms with Crippen LogP contribution in [0.1, 0.15) is 22.7 Å². The molecule has 2 aromatic heterocycles. The van der Waals surface area contributed by atoms with Crippen LogP contribution < -0.4 is 5.32 Å². The Hall–Kier alpha value is -2.70. The van der Waals surface area contributed by atoms with Crippen LogP contribution in [0.25, 0.3) is 0 Å². The van der Waals surface area contributed by atoms with E-state index in [1.807, 2.05) is 18.3 Å². The van der Waals surface area contributed by atoms with E-state index in [2.05, 4.69) is 19.9 Å². The highest BCUT2D eigenvalue weighted by Crippen LogP contribution is 2.20. The number of hydrogen-bond acceptors (Lipinski definition) is 4. The minimum atomic E-state index is -0.206. The van der Waals surface area contributed by atoms with Crippen LogP contribution in [0.3, 0.4) is 0 Å². The second-order valence-corrected chi connectivity index (χ2v) is 5.65. The van der Waals surface area contributed by atoms with Crippen LogP contribution in [0.4, 0.5) is 0 Å². The summed E-state index contributed by atoms with van der Waals surface area (Å²) in [6, 6.07) is 5.63. The first kappa shape index (κ1) is 15.2. The van der Waals surface area contributed by atoms with Crippen molar-refractivity contribution < 1.29 is 9.59 Å². The van der Waals surface area contributed by atoms with Gasteiger partial charge in [-0.3, -0.25) is 9.59 Å². The van der Waals surface area contributed by atoms with Crippen LogP contribution >= 0.6 is 0 Å². The smallest absolute Gasteiger partial charge is 0.292 e. The standard InChI is InChI=1S/C16H19N5O2/c1-17-14(22)8-12-9-20-7-2-4-13(20)11-21(10-12)16(23)15-18-5-3-6-19-15/h2-7,12H,8-11H2,1H3,(H,17,22)/t12-/m0/s1. The first-order chi connectivity index (χ1) is 11.2. The molecule has 0 bridgehead atoms. The Morgan fingerprint density at radius 2 is 2.04 bits per heavy atom. The molecule has 0 spiro atoms. The molecule has 7 heteroatoms. The lowest BCUT2D eigenvalue weighted by Crippen LogP contribution is -2.36. The van der Waals surface area contributed by atoms with Crippen molar-refractivity contribution in [1.82, 2.24) is 24.8 Å². The second-order valence-electron chi connectivity index (χ2n) is 5.65. The molecule has 1 aliphatic heterocycles. The number of carbonyl (C=O) groups is 2. The minimum Gasteiger partial charge on any atom is -0.359 e. The van der Waals surface area contributed by atoms with Gasteiger partial charge in [0.1, 0.15) is 0 Å². The summed E-state index contributed by atoms with van der Waals surface area (Å²) in [6.07, 6.45) is 5.48. The molecule has 0 aliphatic carbocycles. The van der Waals surface area contributed by atoms with Crippen LogP contribution in [0, 0.1) is 5.92 Å². The van der Waals surface area contributed by atoms with Crippen LogP contribution in [-0.2, 0) is 17.9 Å². The van der Waals surface area contributed by atoms with Crippen molar-refractivity contribution in [3.63, 3.8) is 0 Å². The Balaban J connectivity index is 1.84. The van der Waals surface area contributed by atoms with Gasteiger partial charge in [-0.1, -0.05) is 0 Å². The van der Waals surface area contributed by atoms with E-state index in [1.165, 1.54) is 0 Å². The first-order valence-electron chi connectivity index (χ1n) is 7.58. The zero-order chi connectivity index (χ0) is 16.2. The van der Waals surface area contributed by atoms with E-state index in [4.69, 9.17) is 0 Å². The first-order valence-corrected chi connectivity index (χ1v) is 7.58. The van der Waals surface area contributed by atoms with Gasteiger partial charge in [-0.05, 0) is 18.2 Å². The Labute approximate surface area is 134 Å². The van der Waals surface area contributed by atoms with Crippen molar-refractivity contribution >= 4 is 11.8 Å². The fraction of sp³-hybridized carbons (Fsp3) is 0.375. The van der Waals surface area contributed by atoms with Gasteiger partial charge in [0.25, 0.3) is 5.91 Å².